The van der Waals surface area contributed by atoms with Gasteiger partial charge < -0.3 is 24.6 Å². The topological polar surface area (TPSA) is 97.6 Å². The van der Waals surface area contributed by atoms with Gasteiger partial charge in [-0.15, -0.1) is 0 Å². The van der Waals surface area contributed by atoms with E-state index in [2.05, 4.69) is 20.1 Å². The molecule has 2 aliphatic rings. The smallest absolute Gasteiger partial charge is 0.407 e. The fraction of sp³-hybridized carbons (Fsp3) is 0.538. The average Bonchev–Trinajstić information content (AvgIpc) is 3.28. The number of hydrogen-bond acceptors (Lipinski definition) is 8. The highest BCUT2D eigenvalue weighted by Gasteiger charge is 2.27. The molecule has 0 aliphatic carbocycles. The van der Waals surface area contributed by atoms with Crippen molar-refractivity contribution in [1.29, 1.82) is 0 Å². The van der Waals surface area contributed by atoms with Gasteiger partial charge in [0.25, 0.3) is 6.43 Å². The van der Waals surface area contributed by atoms with Crippen LogP contribution in [0.15, 0.2) is 30.3 Å². The van der Waals surface area contributed by atoms with Crippen LogP contribution in [0.1, 0.15) is 45.9 Å². The Morgan fingerprint density at radius 3 is 2.29 bits per heavy atom. The largest absolute Gasteiger partial charge is 0.444 e. The highest BCUT2D eigenvalue weighted by atomic mass is 19.3. The second-order valence-electron chi connectivity index (χ2n) is 10.5. The Kier molecular flexibility index (Phi) is 7.33. The van der Waals surface area contributed by atoms with Gasteiger partial charge in [0.05, 0.1) is 24.2 Å². The van der Waals surface area contributed by atoms with E-state index < -0.39 is 23.9 Å². The standard InChI is InChI=1S/C26H33F2N7O3/c1-26(2,3)38-25(36)29-17-8-10-33(11-9-17)20-16-21(34-12-14-37-15-13-34)32-24(31-20)35-19-7-5-4-6-18(19)30-23(35)22(27)28/h4-7,16-17,22H,8-15H2,1-3H3,(H,29,36). The number of para-hydroxylation sites is 2. The Morgan fingerprint density at radius 1 is 1.03 bits per heavy atom. The number of carbonyl (C=O) groups is 1. The molecule has 1 N–H and O–H groups in total. The minimum absolute atomic E-state index is 0.0239. The summed E-state index contributed by atoms with van der Waals surface area (Å²) in [6.07, 6.45) is -1.83. The molecule has 5 rings (SSSR count). The number of fused-ring (bicyclic) bond motifs is 1. The van der Waals surface area contributed by atoms with Crippen LogP contribution in [0.2, 0.25) is 0 Å². The maximum atomic E-state index is 14.1. The molecule has 3 aromatic rings. The Labute approximate surface area is 219 Å². The van der Waals surface area contributed by atoms with Crippen molar-refractivity contribution in [3.63, 3.8) is 0 Å². The van der Waals surface area contributed by atoms with Gasteiger partial charge in [-0.05, 0) is 45.7 Å². The van der Waals surface area contributed by atoms with E-state index in [1.54, 1.807) is 24.3 Å². The van der Waals surface area contributed by atoms with Crippen LogP contribution in [-0.2, 0) is 9.47 Å². The number of carbonyl (C=O) groups excluding carboxylic acids is 1. The molecule has 0 spiro atoms. The van der Waals surface area contributed by atoms with Crippen LogP contribution in [0, 0.1) is 0 Å². The molecule has 2 saturated heterocycles. The number of hydrogen-bond donors (Lipinski definition) is 1. The number of anilines is 2. The number of benzene rings is 1. The molecular weight excluding hydrogens is 496 g/mol. The predicted molar refractivity (Wildman–Crippen MR) is 139 cm³/mol. The summed E-state index contributed by atoms with van der Waals surface area (Å²) in [6, 6.07) is 8.87. The number of amides is 1. The summed E-state index contributed by atoms with van der Waals surface area (Å²) in [4.78, 5) is 30.0. The Bertz CT molecular complexity index is 1280. The highest BCUT2D eigenvalue weighted by molar-refractivity contribution is 5.78. The van der Waals surface area contributed by atoms with Gasteiger partial charge in [0, 0.05) is 38.3 Å². The van der Waals surface area contributed by atoms with E-state index in [1.165, 1.54) is 4.57 Å². The van der Waals surface area contributed by atoms with Gasteiger partial charge in [-0.3, -0.25) is 4.57 Å². The normalized spacial score (nSPS) is 17.3. The number of morpholine rings is 1. The van der Waals surface area contributed by atoms with Gasteiger partial charge in [-0.2, -0.15) is 9.97 Å². The van der Waals surface area contributed by atoms with Crippen LogP contribution >= 0.6 is 0 Å². The van der Waals surface area contributed by atoms with Gasteiger partial charge >= 0.3 is 6.09 Å². The lowest BCUT2D eigenvalue weighted by Crippen LogP contribution is -2.46. The van der Waals surface area contributed by atoms with E-state index in [0.717, 1.165) is 0 Å². The molecule has 0 saturated carbocycles. The van der Waals surface area contributed by atoms with Gasteiger partial charge in [0.15, 0.2) is 5.82 Å². The first-order valence-corrected chi connectivity index (χ1v) is 12.9. The van der Waals surface area contributed by atoms with Crippen molar-refractivity contribution in [1.82, 2.24) is 24.8 Å². The van der Waals surface area contributed by atoms with Crippen LogP contribution in [0.3, 0.4) is 0 Å². The number of halogens is 2. The van der Waals surface area contributed by atoms with Crippen molar-refractivity contribution in [2.45, 2.75) is 51.7 Å². The second kappa shape index (κ2) is 10.7. The molecule has 2 aromatic heterocycles. The van der Waals surface area contributed by atoms with Crippen molar-refractivity contribution in [3.8, 4) is 5.95 Å². The summed E-state index contributed by atoms with van der Waals surface area (Å²) in [5.74, 6) is 1.06. The average molecular weight is 530 g/mol. The van der Waals surface area contributed by atoms with Crippen LogP contribution < -0.4 is 15.1 Å². The molecule has 0 atom stereocenters. The number of imidazole rings is 1. The van der Waals surface area contributed by atoms with Crippen molar-refractivity contribution < 1.29 is 23.0 Å². The number of piperidine rings is 1. The first-order valence-electron chi connectivity index (χ1n) is 12.9. The van der Waals surface area contributed by atoms with Crippen LogP contribution in [0.5, 0.6) is 0 Å². The van der Waals surface area contributed by atoms with E-state index in [1.807, 2.05) is 26.8 Å². The SMILES string of the molecule is CC(C)(C)OC(=O)NC1CCN(c2cc(N3CCOCC3)nc(-n3c(C(F)F)nc4ccccc43)n2)CC1. The minimum atomic E-state index is -2.80. The van der Waals surface area contributed by atoms with E-state index >= 15 is 0 Å². The molecule has 38 heavy (non-hydrogen) atoms. The number of ether oxygens (including phenoxy) is 2. The summed E-state index contributed by atoms with van der Waals surface area (Å²) >= 11 is 0. The van der Waals surface area contributed by atoms with Crippen LogP contribution in [0.25, 0.3) is 17.0 Å². The lowest BCUT2D eigenvalue weighted by atomic mass is 10.1. The molecule has 0 unspecified atom stereocenters. The number of aromatic nitrogens is 4. The predicted octanol–water partition coefficient (Wildman–Crippen LogP) is 4.08. The zero-order valence-corrected chi connectivity index (χ0v) is 21.9. The molecule has 10 nitrogen and oxygen atoms in total. The lowest BCUT2D eigenvalue weighted by molar-refractivity contribution is 0.0497. The summed E-state index contributed by atoms with van der Waals surface area (Å²) in [5, 5.41) is 2.95. The Hall–Kier alpha value is -3.54. The fourth-order valence-corrected chi connectivity index (χ4v) is 4.75. The molecule has 2 fully saturated rings. The number of alkyl halides is 2. The second-order valence-corrected chi connectivity index (χ2v) is 10.5. The van der Waals surface area contributed by atoms with Crippen molar-refractivity contribution in [2.24, 2.45) is 0 Å². The molecule has 0 radical (unpaired) electrons. The third-order valence-electron chi connectivity index (χ3n) is 6.54. The molecule has 4 heterocycles. The van der Waals surface area contributed by atoms with Gasteiger partial charge in [-0.1, -0.05) is 12.1 Å². The zero-order valence-electron chi connectivity index (χ0n) is 21.9. The van der Waals surface area contributed by atoms with E-state index in [0.29, 0.717) is 74.9 Å². The maximum absolute atomic E-state index is 14.1. The van der Waals surface area contributed by atoms with Crippen LogP contribution in [0.4, 0.5) is 25.2 Å². The van der Waals surface area contributed by atoms with Gasteiger partial charge in [-0.25, -0.2) is 18.6 Å². The quantitative estimate of drug-likeness (QED) is 0.528. The third-order valence-corrected chi connectivity index (χ3v) is 6.54. The number of nitrogens with one attached hydrogen (secondary N) is 1. The van der Waals surface area contributed by atoms with E-state index in [4.69, 9.17) is 19.4 Å². The van der Waals surface area contributed by atoms with Crippen molar-refractivity contribution in [2.75, 3.05) is 49.2 Å². The van der Waals surface area contributed by atoms with E-state index in [-0.39, 0.29) is 12.0 Å². The highest BCUT2D eigenvalue weighted by Crippen LogP contribution is 2.30. The molecule has 12 heteroatoms. The zero-order chi connectivity index (χ0) is 26.9. The summed E-state index contributed by atoms with van der Waals surface area (Å²) < 4.78 is 40.4. The molecule has 204 valence electrons. The summed E-state index contributed by atoms with van der Waals surface area (Å²) in [5.41, 5.74) is 0.416. The summed E-state index contributed by atoms with van der Waals surface area (Å²) in [7, 11) is 0. The fourth-order valence-electron chi connectivity index (χ4n) is 4.75. The third kappa shape index (κ3) is 5.79. The van der Waals surface area contributed by atoms with Crippen molar-refractivity contribution >= 4 is 28.8 Å². The van der Waals surface area contributed by atoms with Crippen LogP contribution in [-0.4, -0.2) is 76.6 Å². The molecule has 1 aromatic carbocycles. The first-order chi connectivity index (χ1) is 18.2. The van der Waals surface area contributed by atoms with Crippen molar-refractivity contribution in [3.05, 3.63) is 36.2 Å². The monoisotopic (exact) mass is 529 g/mol. The Balaban J connectivity index is 1.45. The molecular formula is C26H33F2N7O3. The first kappa shape index (κ1) is 26.1. The lowest BCUT2D eigenvalue weighted by Gasteiger charge is -2.34. The number of alkyl carbamates (subject to hydrolysis) is 1. The van der Waals surface area contributed by atoms with Gasteiger partial charge in [0.2, 0.25) is 5.95 Å². The van der Waals surface area contributed by atoms with E-state index in [9.17, 15) is 13.6 Å². The molecule has 2 aliphatic heterocycles. The minimum Gasteiger partial charge on any atom is -0.444 e. The molecule has 0 bridgehead atoms. The molecule has 1 amide bonds. The van der Waals surface area contributed by atoms with Gasteiger partial charge in [0.1, 0.15) is 17.2 Å². The summed E-state index contributed by atoms with van der Waals surface area (Å²) in [6.45, 7) is 9.16. The maximum Gasteiger partial charge on any atom is 0.407 e. The number of rotatable bonds is 5. The Morgan fingerprint density at radius 2 is 1.66 bits per heavy atom. The number of nitrogens with zero attached hydrogens (tertiary/aromatic N) is 6.